The zero-order valence-corrected chi connectivity index (χ0v) is 14.4. The second kappa shape index (κ2) is 5.67. The number of hydrogen-bond acceptors (Lipinski definition) is 4. The molecule has 124 valence electrons. The van der Waals surface area contributed by atoms with Gasteiger partial charge in [0.05, 0.1) is 11.5 Å². The molecule has 1 aliphatic rings. The van der Waals surface area contributed by atoms with Crippen LogP contribution in [0.4, 0.5) is 0 Å². The van der Waals surface area contributed by atoms with Crippen molar-refractivity contribution in [2.45, 2.75) is 27.2 Å². The quantitative estimate of drug-likeness (QED) is 0.935. The average Bonchev–Trinajstić information content (AvgIpc) is 3.01. The number of carbonyl (C=O) groups excluding carboxylic acids is 1. The summed E-state index contributed by atoms with van der Waals surface area (Å²) in [4.78, 5) is 12.4. The summed E-state index contributed by atoms with van der Waals surface area (Å²) in [6.45, 7) is 6.22. The summed E-state index contributed by atoms with van der Waals surface area (Å²) in [5.41, 5.74) is 3.72. The molecular weight excluding hydrogens is 314 g/mol. The highest BCUT2D eigenvalue weighted by atomic mass is 32.2. The first-order chi connectivity index (χ1) is 10.8. The summed E-state index contributed by atoms with van der Waals surface area (Å²) in [5.74, 6) is 0.410. The van der Waals surface area contributed by atoms with Crippen LogP contribution in [-0.2, 0) is 9.84 Å². The van der Waals surface area contributed by atoms with E-state index in [4.69, 9.17) is 4.42 Å². The molecule has 2 aromatic rings. The Bertz CT molecular complexity index is 880. The number of carbonyl (C=O) groups is 1. The van der Waals surface area contributed by atoms with Gasteiger partial charge >= 0.3 is 0 Å². The normalized spacial score (nSPS) is 20.0. The Morgan fingerprint density at radius 1 is 1.26 bits per heavy atom. The van der Waals surface area contributed by atoms with Crippen LogP contribution in [0.3, 0.4) is 0 Å². The van der Waals surface area contributed by atoms with Crippen LogP contribution in [0, 0.1) is 26.7 Å². The Kier molecular flexibility index (Phi) is 3.96. The Labute approximate surface area is 136 Å². The van der Waals surface area contributed by atoms with E-state index in [0.717, 1.165) is 27.7 Å². The fourth-order valence-corrected chi connectivity index (χ4v) is 4.95. The van der Waals surface area contributed by atoms with Crippen LogP contribution in [0.1, 0.15) is 33.7 Å². The number of aryl methyl sites for hydroxylation is 3. The van der Waals surface area contributed by atoms with Crippen LogP contribution in [0.2, 0.25) is 0 Å². The fraction of sp³-hybridized carbons (Fsp3) is 0.471. The minimum Gasteiger partial charge on any atom is -0.450 e. The molecule has 1 aromatic carbocycles. The highest BCUT2D eigenvalue weighted by molar-refractivity contribution is 7.91. The molecule has 0 saturated carbocycles. The number of fused-ring (bicyclic) bond motifs is 1. The minimum absolute atomic E-state index is 0.00221. The van der Waals surface area contributed by atoms with Crippen molar-refractivity contribution in [3.63, 3.8) is 0 Å². The molecule has 3 rings (SSSR count). The van der Waals surface area contributed by atoms with Gasteiger partial charge in [-0.3, -0.25) is 4.79 Å². The van der Waals surface area contributed by atoms with Crippen LogP contribution in [0.15, 0.2) is 16.5 Å². The van der Waals surface area contributed by atoms with Crippen LogP contribution in [0.5, 0.6) is 0 Å². The summed E-state index contributed by atoms with van der Waals surface area (Å²) >= 11 is 0. The lowest BCUT2D eigenvalue weighted by Crippen LogP contribution is -2.29. The van der Waals surface area contributed by atoms with Crippen molar-refractivity contribution in [1.29, 1.82) is 0 Å². The summed E-state index contributed by atoms with van der Waals surface area (Å²) in [6, 6.07) is 3.99. The predicted molar refractivity (Wildman–Crippen MR) is 89.5 cm³/mol. The molecule has 1 aliphatic heterocycles. The lowest BCUT2D eigenvalue weighted by Gasteiger charge is -2.08. The minimum atomic E-state index is -2.92. The summed E-state index contributed by atoms with van der Waals surface area (Å²) in [7, 11) is -2.92. The Morgan fingerprint density at radius 2 is 2.00 bits per heavy atom. The molecule has 1 aromatic heterocycles. The highest BCUT2D eigenvalue weighted by Gasteiger charge is 2.28. The van der Waals surface area contributed by atoms with Gasteiger partial charge < -0.3 is 9.73 Å². The van der Waals surface area contributed by atoms with E-state index in [-0.39, 0.29) is 23.3 Å². The fourth-order valence-electron chi connectivity index (χ4n) is 3.08. The molecule has 23 heavy (non-hydrogen) atoms. The highest BCUT2D eigenvalue weighted by Crippen LogP contribution is 2.29. The number of furan rings is 1. The molecule has 0 spiro atoms. The van der Waals surface area contributed by atoms with Crippen molar-refractivity contribution in [3.8, 4) is 0 Å². The van der Waals surface area contributed by atoms with Gasteiger partial charge in [0.2, 0.25) is 0 Å². The zero-order chi connectivity index (χ0) is 16.8. The van der Waals surface area contributed by atoms with E-state index in [2.05, 4.69) is 5.32 Å². The molecule has 1 fully saturated rings. The SMILES string of the molecule is Cc1ccc2c(C)c(C(=O)NC[C@H]3CCS(=O)(=O)C3)oc2c1C. The smallest absolute Gasteiger partial charge is 0.287 e. The van der Waals surface area contributed by atoms with Crippen LogP contribution >= 0.6 is 0 Å². The van der Waals surface area contributed by atoms with E-state index < -0.39 is 9.84 Å². The molecule has 6 heteroatoms. The molecule has 0 bridgehead atoms. The molecule has 0 aliphatic carbocycles. The van der Waals surface area contributed by atoms with E-state index in [1.165, 1.54) is 0 Å². The van der Waals surface area contributed by atoms with Gasteiger partial charge in [0.1, 0.15) is 5.58 Å². The van der Waals surface area contributed by atoms with Gasteiger partial charge in [-0.25, -0.2) is 8.42 Å². The van der Waals surface area contributed by atoms with Crippen molar-refractivity contribution >= 4 is 26.7 Å². The monoisotopic (exact) mass is 335 g/mol. The summed E-state index contributed by atoms with van der Waals surface area (Å²) in [5, 5.41) is 3.76. The van der Waals surface area contributed by atoms with Gasteiger partial charge in [0.25, 0.3) is 5.91 Å². The van der Waals surface area contributed by atoms with Crippen molar-refractivity contribution in [3.05, 3.63) is 34.6 Å². The van der Waals surface area contributed by atoms with E-state index in [1.807, 2.05) is 32.9 Å². The molecule has 2 heterocycles. The number of amides is 1. The van der Waals surface area contributed by atoms with Gasteiger partial charge in [-0.1, -0.05) is 12.1 Å². The van der Waals surface area contributed by atoms with Gasteiger partial charge in [-0.2, -0.15) is 0 Å². The maximum Gasteiger partial charge on any atom is 0.287 e. The van der Waals surface area contributed by atoms with Gasteiger partial charge in [0.15, 0.2) is 15.6 Å². The van der Waals surface area contributed by atoms with Crippen molar-refractivity contribution in [2.24, 2.45) is 5.92 Å². The Morgan fingerprint density at radius 3 is 2.65 bits per heavy atom. The molecule has 1 N–H and O–H groups in total. The predicted octanol–water partition coefficient (Wildman–Crippen LogP) is 2.52. The lowest BCUT2D eigenvalue weighted by atomic mass is 10.0. The standard InChI is InChI=1S/C17H21NO4S/c1-10-4-5-14-12(3)16(22-15(14)11(10)2)17(19)18-8-13-6-7-23(20,21)9-13/h4-5,13H,6-9H2,1-3H3,(H,18,19)/t13-/m1/s1. The first-order valence-corrected chi connectivity index (χ1v) is 9.58. The Balaban J connectivity index is 1.79. The summed E-state index contributed by atoms with van der Waals surface area (Å²) in [6.07, 6.45) is 0.611. The number of rotatable bonds is 3. The van der Waals surface area contributed by atoms with Crippen molar-refractivity contribution in [1.82, 2.24) is 5.32 Å². The van der Waals surface area contributed by atoms with E-state index in [0.29, 0.717) is 18.7 Å². The van der Waals surface area contributed by atoms with Gasteiger partial charge in [-0.15, -0.1) is 0 Å². The largest absolute Gasteiger partial charge is 0.450 e. The van der Waals surface area contributed by atoms with E-state index in [9.17, 15) is 13.2 Å². The second-order valence-electron chi connectivity index (χ2n) is 6.42. The molecule has 1 saturated heterocycles. The molecule has 5 nitrogen and oxygen atoms in total. The first kappa shape index (κ1) is 16.1. The molecular formula is C17H21NO4S. The maximum atomic E-state index is 12.4. The maximum absolute atomic E-state index is 12.4. The lowest BCUT2D eigenvalue weighted by molar-refractivity contribution is 0.0922. The van der Waals surface area contributed by atoms with Crippen LogP contribution in [-0.4, -0.2) is 32.4 Å². The van der Waals surface area contributed by atoms with Gasteiger partial charge in [-0.05, 0) is 44.2 Å². The number of hydrogen-bond donors (Lipinski definition) is 1. The Hall–Kier alpha value is -1.82. The van der Waals surface area contributed by atoms with Crippen molar-refractivity contribution < 1.29 is 17.6 Å². The van der Waals surface area contributed by atoms with Crippen LogP contribution < -0.4 is 5.32 Å². The van der Waals surface area contributed by atoms with Crippen molar-refractivity contribution in [2.75, 3.05) is 18.1 Å². The first-order valence-electron chi connectivity index (χ1n) is 7.76. The molecule has 0 radical (unpaired) electrons. The second-order valence-corrected chi connectivity index (χ2v) is 8.65. The number of nitrogens with one attached hydrogen (secondary N) is 1. The summed E-state index contributed by atoms with van der Waals surface area (Å²) < 4.78 is 28.7. The average molecular weight is 335 g/mol. The third kappa shape index (κ3) is 3.00. The molecule has 1 amide bonds. The third-order valence-electron chi connectivity index (χ3n) is 4.71. The van der Waals surface area contributed by atoms with E-state index in [1.54, 1.807) is 0 Å². The van der Waals surface area contributed by atoms with E-state index >= 15 is 0 Å². The number of benzene rings is 1. The topological polar surface area (TPSA) is 76.4 Å². The number of sulfone groups is 1. The third-order valence-corrected chi connectivity index (χ3v) is 6.55. The molecule has 0 unspecified atom stereocenters. The van der Waals surface area contributed by atoms with Crippen LogP contribution in [0.25, 0.3) is 11.0 Å². The van der Waals surface area contributed by atoms with Gasteiger partial charge in [0, 0.05) is 17.5 Å². The molecule has 1 atom stereocenters. The zero-order valence-electron chi connectivity index (χ0n) is 13.6.